The van der Waals surface area contributed by atoms with Crippen LogP contribution in [-0.2, 0) is 17.6 Å². The fourth-order valence-corrected chi connectivity index (χ4v) is 6.03. The molecule has 2 aromatic heterocycles. The molecule has 0 aliphatic heterocycles. The van der Waals surface area contributed by atoms with Crippen LogP contribution in [0.15, 0.2) is 108 Å². The lowest BCUT2D eigenvalue weighted by Crippen LogP contribution is -2.28. The van der Waals surface area contributed by atoms with Crippen molar-refractivity contribution in [2.24, 2.45) is 0 Å². The smallest absolute Gasteiger partial charge is 0.274 e. The molecule has 0 radical (unpaired) electrons. The number of furan rings is 1. The van der Waals surface area contributed by atoms with E-state index in [4.69, 9.17) is 14.1 Å². The summed E-state index contributed by atoms with van der Waals surface area (Å²) in [5, 5.41) is 6.01. The van der Waals surface area contributed by atoms with E-state index < -0.39 is 40.5 Å². The first kappa shape index (κ1) is 38.4. The summed E-state index contributed by atoms with van der Waals surface area (Å²) in [6.07, 6.45) is 1.51. The van der Waals surface area contributed by atoms with Crippen molar-refractivity contribution in [3.8, 4) is 28.3 Å². The Morgan fingerprint density at radius 2 is 1.55 bits per heavy atom. The molecule has 0 bridgehead atoms. The minimum Gasteiger partial charge on any atom is -0.486 e. The number of halogens is 2. The molecule has 2 N–H and O–H groups in total. The molecule has 0 spiro atoms. The first-order valence-corrected chi connectivity index (χ1v) is 18.5. The fraction of sp³-hybridized carbons (Fsp3) is 0.195. The molecule has 0 saturated heterocycles. The van der Waals surface area contributed by atoms with Gasteiger partial charge in [-0.3, -0.25) is 13.9 Å². The zero-order chi connectivity index (χ0) is 38.2. The number of carbonyl (C=O) groups is 2. The zero-order valence-electron chi connectivity index (χ0n) is 30.2. The van der Waals surface area contributed by atoms with Gasteiger partial charge in [0.05, 0.1) is 23.0 Å². The highest BCUT2D eigenvalue weighted by Gasteiger charge is 2.26. The van der Waals surface area contributed by atoms with Gasteiger partial charge in [-0.25, -0.2) is 18.0 Å². The van der Waals surface area contributed by atoms with Crippen molar-refractivity contribution in [2.45, 2.75) is 33.4 Å². The molecule has 53 heavy (non-hydrogen) atoms. The quantitative estimate of drug-likeness (QED) is 0.138. The summed E-state index contributed by atoms with van der Waals surface area (Å²) in [6.45, 7) is 5.94. The summed E-state index contributed by atoms with van der Waals surface area (Å²) in [7, 11) is 1.63. The third kappa shape index (κ3) is 8.61. The molecule has 0 aliphatic carbocycles. The number of carbonyl (C=O) groups excluding carboxylic acids is 2. The monoisotopic (exact) mass is 738 g/mol. The van der Waals surface area contributed by atoms with Crippen LogP contribution in [-0.4, -0.2) is 41.4 Å². The van der Waals surface area contributed by atoms with Crippen molar-refractivity contribution in [3.05, 3.63) is 137 Å². The van der Waals surface area contributed by atoms with E-state index >= 15 is 0 Å². The van der Waals surface area contributed by atoms with Crippen molar-refractivity contribution >= 4 is 39.5 Å². The largest absolute Gasteiger partial charge is 0.486 e. The molecule has 2 unspecified atom stereocenters. The number of hydrogen-bond donors (Lipinski definition) is 2. The maximum absolute atomic E-state index is 13.9. The molecular formula is C41H40F2N4O5S. The molecule has 4 aromatic carbocycles. The topological polar surface area (TPSA) is 114 Å². The summed E-state index contributed by atoms with van der Waals surface area (Å²) >= 11 is 0. The lowest BCUT2D eigenvalue weighted by molar-refractivity contribution is 0.0928. The van der Waals surface area contributed by atoms with Gasteiger partial charge in [0, 0.05) is 42.9 Å². The van der Waals surface area contributed by atoms with Crippen molar-refractivity contribution < 1.29 is 31.7 Å². The Morgan fingerprint density at radius 1 is 0.906 bits per heavy atom. The highest BCUT2D eigenvalue weighted by molar-refractivity contribution is 7.85. The molecule has 0 aliphatic rings. The number of benzene rings is 4. The van der Waals surface area contributed by atoms with Gasteiger partial charge in [-0.15, -0.1) is 0 Å². The summed E-state index contributed by atoms with van der Waals surface area (Å²) < 4.78 is 54.1. The van der Waals surface area contributed by atoms with Gasteiger partial charge in [0.15, 0.2) is 11.4 Å². The van der Waals surface area contributed by atoms with Crippen LogP contribution in [0.1, 0.15) is 58.8 Å². The van der Waals surface area contributed by atoms with Crippen LogP contribution in [0.3, 0.4) is 0 Å². The van der Waals surface area contributed by atoms with Crippen molar-refractivity contribution in [3.63, 3.8) is 0 Å². The first-order chi connectivity index (χ1) is 25.5. The molecule has 6 aromatic rings. The molecule has 2 heterocycles. The molecule has 2 amide bonds. The number of hydrogen-bond acceptors (Lipinski definition) is 6. The second-order valence-electron chi connectivity index (χ2n) is 11.7. The molecular weight excluding hydrogens is 699 g/mol. The van der Waals surface area contributed by atoms with E-state index in [2.05, 4.69) is 10.6 Å². The second-order valence-corrected chi connectivity index (χ2v) is 13.1. The van der Waals surface area contributed by atoms with Gasteiger partial charge in [0.1, 0.15) is 40.6 Å². The Bertz CT molecular complexity index is 2240. The Balaban J connectivity index is 0.00000266. The van der Waals surface area contributed by atoms with Crippen molar-refractivity contribution in [2.75, 3.05) is 24.7 Å². The Morgan fingerprint density at radius 3 is 2.17 bits per heavy atom. The number of ether oxygens (including phenoxy) is 1. The zero-order valence-corrected chi connectivity index (χ0v) is 31.0. The SMILES string of the molecule is CC.CNC(=O)c1c(-c2ccc(F)cc2)oc2cc(N(C)S(C)=O)c(-c3ccc(OCc4ccccc4)c(C(=O)NC(C)c4ccc(F)cc4)n3)cc12. The van der Waals surface area contributed by atoms with Crippen LogP contribution in [0.25, 0.3) is 33.6 Å². The lowest BCUT2D eigenvalue weighted by atomic mass is 10.0. The maximum Gasteiger partial charge on any atom is 0.274 e. The van der Waals surface area contributed by atoms with Crippen LogP contribution in [0, 0.1) is 11.6 Å². The number of anilines is 1. The average Bonchev–Trinajstić information content (AvgIpc) is 3.56. The Hall–Kier alpha value is -5.88. The van der Waals surface area contributed by atoms with E-state index in [1.54, 1.807) is 50.4 Å². The fourth-order valence-electron chi connectivity index (χ4n) is 5.60. The molecule has 6 rings (SSSR count). The second kappa shape index (κ2) is 17.1. The van der Waals surface area contributed by atoms with Crippen LogP contribution < -0.4 is 19.7 Å². The van der Waals surface area contributed by atoms with Gasteiger partial charge in [-0.05, 0) is 72.6 Å². The van der Waals surface area contributed by atoms with Crippen LogP contribution in [0.2, 0.25) is 0 Å². The predicted octanol–water partition coefficient (Wildman–Crippen LogP) is 8.63. The van der Waals surface area contributed by atoms with Crippen molar-refractivity contribution in [1.82, 2.24) is 15.6 Å². The van der Waals surface area contributed by atoms with E-state index in [1.165, 1.54) is 54.0 Å². The molecule has 274 valence electrons. The molecule has 0 fully saturated rings. The van der Waals surface area contributed by atoms with Crippen molar-refractivity contribution in [1.29, 1.82) is 0 Å². The Labute approximate surface area is 309 Å². The number of amides is 2. The minimum absolute atomic E-state index is 0.0190. The highest BCUT2D eigenvalue weighted by Crippen LogP contribution is 2.41. The van der Waals surface area contributed by atoms with E-state index in [0.29, 0.717) is 39.0 Å². The van der Waals surface area contributed by atoms with Gasteiger partial charge >= 0.3 is 0 Å². The lowest BCUT2D eigenvalue weighted by Gasteiger charge is -2.21. The first-order valence-electron chi connectivity index (χ1n) is 16.9. The normalized spacial score (nSPS) is 11.9. The maximum atomic E-state index is 13.9. The highest BCUT2D eigenvalue weighted by atomic mass is 32.2. The van der Waals surface area contributed by atoms with E-state index in [1.807, 2.05) is 44.2 Å². The number of nitrogens with one attached hydrogen (secondary N) is 2. The third-order valence-electron chi connectivity index (χ3n) is 8.40. The van der Waals surface area contributed by atoms with Gasteiger partial charge in [0.25, 0.3) is 11.8 Å². The molecule has 9 nitrogen and oxygen atoms in total. The third-order valence-corrected chi connectivity index (χ3v) is 9.36. The van der Waals surface area contributed by atoms with Crippen LogP contribution in [0.5, 0.6) is 5.75 Å². The number of rotatable bonds is 11. The van der Waals surface area contributed by atoms with E-state index in [0.717, 1.165) is 5.56 Å². The molecule has 0 saturated carbocycles. The van der Waals surface area contributed by atoms with Gasteiger partial charge in [-0.1, -0.05) is 56.3 Å². The number of nitrogens with zero attached hydrogens (tertiary/aromatic N) is 2. The number of pyridine rings is 1. The number of fused-ring (bicyclic) bond motifs is 1. The molecule has 2 atom stereocenters. The van der Waals surface area contributed by atoms with Crippen LogP contribution in [0.4, 0.5) is 14.5 Å². The summed E-state index contributed by atoms with van der Waals surface area (Å²) in [5.74, 6) is -1.38. The number of aromatic nitrogens is 1. The van der Waals surface area contributed by atoms with Crippen LogP contribution >= 0.6 is 0 Å². The summed E-state index contributed by atoms with van der Waals surface area (Å²) in [5.41, 5.74) is 3.78. The summed E-state index contributed by atoms with van der Waals surface area (Å²) in [6, 6.07) is 27.0. The van der Waals surface area contributed by atoms with Gasteiger partial charge in [-0.2, -0.15) is 0 Å². The standard InChI is InChI=1S/C39H34F2N4O5S.C2H6/c1-23(25-10-14-27(40)15-11-25)43-39(47)36-33(49-22-24-8-6-5-7-9-24)19-18-31(44-36)29-20-30-34(21-32(29)45(3)51(4)48)50-37(35(30)38(46)42-2)26-12-16-28(41)17-13-26;1-2/h5-21,23H,22H2,1-4H3,(H,42,46)(H,43,47);1-2H3. The van der Waals surface area contributed by atoms with E-state index in [9.17, 15) is 22.6 Å². The molecule has 12 heteroatoms. The predicted molar refractivity (Wildman–Crippen MR) is 205 cm³/mol. The summed E-state index contributed by atoms with van der Waals surface area (Å²) in [4.78, 5) is 32.1. The van der Waals surface area contributed by atoms with Gasteiger partial charge < -0.3 is 19.8 Å². The minimum atomic E-state index is -1.50. The van der Waals surface area contributed by atoms with E-state index in [-0.39, 0.29) is 29.4 Å². The average molecular weight is 739 g/mol. The van der Waals surface area contributed by atoms with Gasteiger partial charge in [0.2, 0.25) is 0 Å². The Kier molecular flexibility index (Phi) is 12.4.